The molecule has 4 amide bonds. The van der Waals surface area contributed by atoms with Gasteiger partial charge in [0.05, 0.1) is 6.04 Å². The molecule has 2 fully saturated rings. The van der Waals surface area contributed by atoms with E-state index in [2.05, 4.69) is 10.6 Å². The van der Waals surface area contributed by atoms with Crippen LogP contribution in [0.3, 0.4) is 0 Å². The average molecular weight is 405 g/mol. The molecule has 4 rings (SSSR count). The van der Waals surface area contributed by atoms with Gasteiger partial charge in [-0.1, -0.05) is 80.4 Å². The molecule has 2 aliphatic rings. The minimum atomic E-state index is -0.853. The smallest absolute Gasteiger partial charge is 0.325 e. The van der Waals surface area contributed by atoms with Gasteiger partial charge in [-0.25, -0.2) is 4.79 Å². The Kier molecular flexibility index (Phi) is 5.57. The molecule has 156 valence electrons. The molecule has 30 heavy (non-hydrogen) atoms. The van der Waals surface area contributed by atoms with E-state index in [1.165, 1.54) is 0 Å². The summed E-state index contributed by atoms with van der Waals surface area (Å²) in [7, 11) is 0. The molecule has 1 spiro atoms. The van der Waals surface area contributed by atoms with Gasteiger partial charge in [-0.15, -0.1) is 0 Å². The monoisotopic (exact) mass is 405 g/mol. The second-order valence-corrected chi connectivity index (χ2v) is 8.26. The molecule has 1 saturated heterocycles. The van der Waals surface area contributed by atoms with Gasteiger partial charge in [-0.2, -0.15) is 0 Å². The Hall–Kier alpha value is -3.15. The minimum Gasteiger partial charge on any atom is -0.344 e. The van der Waals surface area contributed by atoms with Crippen LogP contribution in [0.5, 0.6) is 0 Å². The van der Waals surface area contributed by atoms with E-state index in [-0.39, 0.29) is 30.3 Å². The van der Waals surface area contributed by atoms with Crippen LogP contribution in [-0.4, -0.2) is 34.8 Å². The molecular formula is C24H27N3O3. The second-order valence-electron chi connectivity index (χ2n) is 8.26. The van der Waals surface area contributed by atoms with E-state index in [4.69, 9.17) is 0 Å². The second kappa shape index (κ2) is 8.30. The maximum atomic E-state index is 13.1. The number of hydrogen-bond donors (Lipinski definition) is 2. The quantitative estimate of drug-likeness (QED) is 0.749. The first-order valence-electron chi connectivity index (χ1n) is 10.5. The molecule has 6 heteroatoms. The third-order valence-corrected chi connectivity index (χ3v) is 6.37. The largest absolute Gasteiger partial charge is 0.344 e. The highest BCUT2D eigenvalue weighted by Gasteiger charge is 2.55. The molecule has 0 bridgehead atoms. The van der Waals surface area contributed by atoms with E-state index < -0.39 is 11.6 Å². The van der Waals surface area contributed by atoms with E-state index in [0.717, 1.165) is 35.3 Å². The Bertz CT molecular complexity index is 892. The highest BCUT2D eigenvalue weighted by atomic mass is 16.2. The number of amides is 4. The van der Waals surface area contributed by atoms with Crippen molar-refractivity contribution in [1.29, 1.82) is 0 Å². The summed E-state index contributed by atoms with van der Waals surface area (Å²) >= 11 is 0. The summed E-state index contributed by atoms with van der Waals surface area (Å²) in [6, 6.07) is 18.5. The molecule has 2 aromatic carbocycles. The number of nitrogens with one attached hydrogen (secondary N) is 2. The summed E-state index contributed by atoms with van der Waals surface area (Å²) in [5.74, 6) is -0.570. The molecular weight excluding hydrogens is 378 g/mol. The van der Waals surface area contributed by atoms with Gasteiger partial charge in [0.15, 0.2) is 0 Å². The maximum absolute atomic E-state index is 13.1. The fraction of sp³-hybridized carbons (Fsp3) is 0.375. The van der Waals surface area contributed by atoms with Crippen LogP contribution in [0.15, 0.2) is 60.7 Å². The van der Waals surface area contributed by atoms with Gasteiger partial charge in [-0.05, 0) is 29.9 Å². The lowest BCUT2D eigenvalue weighted by atomic mass is 9.73. The van der Waals surface area contributed by atoms with Crippen molar-refractivity contribution in [3.05, 3.63) is 71.8 Å². The molecule has 1 heterocycles. The number of rotatable bonds is 5. The Morgan fingerprint density at radius 1 is 1.07 bits per heavy atom. The number of benzene rings is 2. The van der Waals surface area contributed by atoms with Gasteiger partial charge < -0.3 is 10.6 Å². The zero-order chi connectivity index (χ0) is 21.1. The molecule has 2 aromatic rings. The van der Waals surface area contributed by atoms with Crippen molar-refractivity contribution >= 4 is 17.8 Å². The van der Waals surface area contributed by atoms with Gasteiger partial charge in [0.2, 0.25) is 5.91 Å². The predicted molar refractivity (Wildman–Crippen MR) is 113 cm³/mol. The summed E-state index contributed by atoms with van der Waals surface area (Å²) in [5, 5.41) is 5.91. The molecule has 1 aliphatic heterocycles. The van der Waals surface area contributed by atoms with E-state index in [0.29, 0.717) is 6.42 Å². The molecule has 0 radical (unpaired) electrons. The number of imide groups is 1. The predicted octanol–water partition coefficient (Wildman–Crippen LogP) is 3.39. The van der Waals surface area contributed by atoms with Crippen molar-refractivity contribution in [2.75, 3.05) is 6.54 Å². The van der Waals surface area contributed by atoms with Gasteiger partial charge in [0, 0.05) is 0 Å². The highest BCUT2D eigenvalue weighted by Crippen LogP contribution is 2.38. The Morgan fingerprint density at radius 2 is 1.67 bits per heavy atom. The molecule has 2 atom stereocenters. The number of nitrogens with zero attached hydrogens (tertiary/aromatic N) is 1. The van der Waals surface area contributed by atoms with Crippen LogP contribution < -0.4 is 10.6 Å². The molecule has 1 aliphatic carbocycles. The van der Waals surface area contributed by atoms with Gasteiger partial charge in [0.25, 0.3) is 5.91 Å². The first kappa shape index (κ1) is 20.1. The first-order valence-corrected chi connectivity index (χ1v) is 10.5. The zero-order valence-corrected chi connectivity index (χ0v) is 17.1. The summed E-state index contributed by atoms with van der Waals surface area (Å²) in [6.45, 7) is 1.72. The van der Waals surface area contributed by atoms with Crippen molar-refractivity contribution in [3.8, 4) is 0 Å². The van der Waals surface area contributed by atoms with Crippen molar-refractivity contribution in [2.24, 2.45) is 5.92 Å². The van der Waals surface area contributed by atoms with Crippen molar-refractivity contribution in [2.45, 2.75) is 44.2 Å². The van der Waals surface area contributed by atoms with Crippen LogP contribution in [0.4, 0.5) is 4.79 Å². The van der Waals surface area contributed by atoms with Crippen LogP contribution in [0.1, 0.15) is 49.8 Å². The van der Waals surface area contributed by atoms with Crippen molar-refractivity contribution < 1.29 is 14.4 Å². The molecule has 6 nitrogen and oxygen atoms in total. The number of hydrogen-bond acceptors (Lipinski definition) is 3. The number of carbonyl (C=O) groups excluding carboxylic acids is 3. The normalized spacial score (nSPS) is 23.7. The number of urea groups is 1. The molecule has 0 unspecified atom stereocenters. The summed E-state index contributed by atoms with van der Waals surface area (Å²) in [4.78, 5) is 39.7. The lowest BCUT2D eigenvalue weighted by molar-refractivity contribution is -0.137. The zero-order valence-electron chi connectivity index (χ0n) is 17.1. The summed E-state index contributed by atoms with van der Waals surface area (Å²) in [6.07, 6.45) is 3.49. The SMILES string of the molecule is C[C@@H]1CCCC[C@]12NC(=O)N(CC(=O)NC(c1ccccc1)c1ccccc1)C2=O. The topological polar surface area (TPSA) is 78.5 Å². The first-order chi connectivity index (χ1) is 14.5. The van der Waals surface area contributed by atoms with Crippen LogP contribution in [0.2, 0.25) is 0 Å². The Labute approximate surface area is 176 Å². The van der Waals surface area contributed by atoms with E-state index >= 15 is 0 Å². The van der Waals surface area contributed by atoms with E-state index in [1.807, 2.05) is 67.6 Å². The minimum absolute atomic E-state index is 0.0668. The fourth-order valence-corrected chi connectivity index (χ4v) is 4.64. The Morgan fingerprint density at radius 3 is 2.23 bits per heavy atom. The van der Waals surface area contributed by atoms with Crippen molar-refractivity contribution in [1.82, 2.24) is 15.5 Å². The average Bonchev–Trinajstić information content (AvgIpc) is 3.00. The molecule has 1 saturated carbocycles. The Balaban J connectivity index is 1.51. The highest BCUT2D eigenvalue weighted by molar-refractivity contribution is 6.09. The summed E-state index contributed by atoms with van der Waals surface area (Å²) < 4.78 is 0. The maximum Gasteiger partial charge on any atom is 0.325 e. The molecule has 2 N–H and O–H groups in total. The third kappa shape index (κ3) is 3.70. The van der Waals surface area contributed by atoms with Gasteiger partial charge in [-0.3, -0.25) is 14.5 Å². The number of carbonyl (C=O) groups is 3. The van der Waals surface area contributed by atoms with Gasteiger partial charge >= 0.3 is 6.03 Å². The van der Waals surface area contributed by atoms with E-state index in [1.54, 1.807) is 0 Å². The lowest BCUT2D eigenvalue weighted by Crippen LogP contribution is -2.54. The van der Waals surface area contributed by atoms with Gasteiger partial charge in [0.1, 0.15) is 12.1 Å². The fourth-order valence-electron chi connectivity index (χ4n) is 4.64. The standard InChI is InChI=1S/C24H27N3O3/c1-17-10-8-9-15-24(17)22(29)27(23(30)26-24)16-20(28)25-21(18-11-4-2-5-12-18)19-13-6-3-7-14-19/h2-7,11-14,17,21H,8-10,15-16H2,1H3,(H,25,28)(H,26,30)/t17-,24+/m1/s1. The lowest BCUT2D eigenvalue weighted by Gasteiger charge is -2.36. The van der Waals surface area contributed by atoms with Crippen LogP contribution in [-0.2, 0) is 9.59 Å². The summed E-state index contributed by atoms with van der Waals surface area (Å²) in [5.41, 5.74) is 1.02. The van der Waals surface area contributed by atoms with Crippen LogP contribution in [0, 0.1) is 5.92 Å². The third-order valence-electron chi connectivity index (χ3n) is 6.37. The van der Waals surface area contributed by atoms with Crippen LogP contribution >= 0.6 is 0 Å². The van der Waals surface area contributed by atoms with E-state index in [9.17, 15) is 14.4 Å². The van der Waals surface area contributed by atoms with Crippen molar-refractivity contribution in [3.63, 3.8) is 0 Å². The molecule has 0 aromatic heterocycles. The van der Waals surface area contributed by atoms with Crippen LogP contribution in [0.25, 0.3) is 0 Å².